The summed E-state index contributed by atoms with van der Waals surface area (Å²) < 4.78 is 30.5. The highest BCUT2D eigenvalue weighted by Gasteiger charge is 2.30. The molecule has 0 saturated heterocycles. The van der Waals surface area contributed by atoms with Gasteiger partial charge in [-0.1, -0.05) is 208 Å². The number of hydrogen-bond donors (Lipinski definition) is 2. The van der Waals surface area contributed by atoms with E-state index in [0.29, 0.717) is 23.9 Å². The Morgan fingerprint density at radius 1 is 0.536 bits per heavy atom. The summed E-state index contributed by atoms with van der Waals surface area (Å²) >= 11 is 0. The first-order valence-electron chi connectivity index (χ1n) is 27.6. The van der Waals surface area contributed by atoms with Crippen LogP contribution in [0.15, 0.2) is 97.2 Å². The molecule has 3 atom stereocenters. The number of phosphoric acid groups is 1. The van der Waals surface area contributed by atoms with Crippen LogP contribution in [0.4, 0.5) is 0 Å². The van der Waals surface area contributed by atoms with Crippen molar-refractivity contribution in [1.29, 1.82) is 0 Å². The zero-order valence-corrected chi connectivity index (χ0v) is 45.9. The van der Waals surface area contributed by atoms with Gasteiger partial charge in [0, 0.05) is 12.8 Å². The van der Waals surface area contributed by atoms with E-state index in [-0.39, 0.29) is 37.9 Å². The van der Waals surface area contributed by atoms with Crippen LogP contribution in [-0.4, -0.2) is 74.3 Å². The van der Waals surface area contributed by atoms with Gasteiger partial charge in [0.15, 0.2) is 0 Å². The number of nitrogens with zero attached hydrogens (tertiary/aromatic N) is 1. The number of esters is 1. The fourth-order valence-corrected chi connectivity index (χ4v) is 8.00. The largest absolute Gasteiger partial charge is 0.472 e. The van der Waals surface area contributed by atoms with Gasteiger partial charge < -0.3 is 19.4 Å². The van der Waals surface area contributed by atoms with Crippen LogP contribution in [0.1, 0.15) is 213 Å². The highest BCUT2D eigenvalue weighted by atomic mass is 31.2. The van der Waals surface area contributed by atoms with E-state index in [1.54, 1.807) is 0 Å². The monoisotopic (exact) mass is 984 g/mol. The number of likely N-dealkylation sites (N-methyl/N-ethyl adjacent to an activating group) is 1. The molecule has 0 aliphatic heterocycles. The number of quaternary nitrogens is 1. The minimum atomic E-state index is -4.47. The second-order valence-electron chi connectivity index (χ2n) is 19.4. The van der Waals surface area contributed by atoms with E-state index in [1.165, 1.54) is 70.6 Å². The lowest BCUT2D eigenvalue weighted by Crippen LogP contribution is -2.47. The average molecular weight is 984 g/mol. The molecule has 69 heavy (non-hydrogen) atoms. The Kier molecular flexibility index (Phi) is 46.4. The highest BCUT2D eigenvalue weighted by molar-refractivity contribution is 7.47. The number of hydrogen-bond acceptors (Lipinski definition) is 6. The molecule has 0 radical (unpaired) electrons. The first-order chi connectivity index (χ1) is 33.4. The van der Waals surface area contributed by atoms with Crippen LogP contribution in [0.3, 0.4) is 0 Å². The summed E-state index contributed by atoms with van der Waals surface area (Å²) in [6, 6.07) is -0.896. The summed E-state index contributed by atoms with van der Waals surface area (Å²) in [6.45, 7) is 6.77. The summed E-state index contributed by atoms with van der Waals surface area (Å²) in [4.78, 5) is 37.5. The Hall–Kier alpha value is -3.07. The Balaban J connectivity index is 5.53. The standard InChI is InChI=1S/C59H103N2O7P/c1-7-10-13-16-19-22-25-28-30-32-33-36-39-42-45-48-51-58(62)60-56(55-67-69(64,65)66-54-53-61(4,5)6)57(50-47-44-41-38-35-27-24-21-18-15-12-9-3)68-59(63)52-49-46-43-40-37-34-31-29-26-23-20-17-14-11-8-2/h10,13,19-20,22-23,26,28-30,33,36,42,45,47,50,56-57H,7-9,11-12,14-18,21,24-25,27,31-32,34-35,37-41,43-44,46,48-49,51-55H2,1-6H3,(H-,60,62,64,65)/p+1/b13-10+,22-19+,23-20+,29-26+,30-28+,36-33+,45-42+,50-47+. The molecule has 0 spiro atoms. The average Bonchev–Trinajstić information content (AvgIpc) is 3.31. The molecule has 0 aromatic rings. The quantitative estimate of drug-likeness (QED) is 0.0156. The number of allylic oxidation sites excluding steroid dienone is 15. The van der Waals surface area contributed by atoms with Crippen LogP contribution in [0.5, 0.6) is 0 Å². The van der Waals surface area contributed by atoms with Gasteiger partial charge in [0.2, 0.25) is 5.91 Å². The van der Waals surface area contributed by atoms with Gasteiger partial charge in [0.25, 0.3) is 0 Å². The molecule has 0 aliphatic rings. The topological polar surface area (TPSA) is 111 Å². The molecule has 1 amide bonds. The van der Waals surface area contributed by atoms with Gasteiger partial charge in [-0.15, -0.1) is 0 Å². The maximum Gasteiger partial charge on any atom is 0.472 e. The van der Waals surface area contributed by atoms with Gasteiger partial charge in [0.1, 0.15) is 19.3 Å². The predicted octanol–water partition coefficient (Wildman–Crippen LogP) is 16.4. The van der Waals surface area contributed by atoms with Crippen molar-refractivity contribution in [3.05, 3.63) is 97.2 Å². The summed E-state index contributed by atoms with van der Waals surface area (Å²) in [5.74, 6) is -0.623. The van der Waals surface area contributed by atoms with Gasteiger partial charge in [-0.05, 0) is 89.5 Å². The minimum Gasteiger partial charge on any atom is -0.456 e. The fraction of sp³-hybridized carbons (Fsp3) is 0.695. The molecule has 396 valence electrons. The minimum absolute atomic E-state index is 0.0205. The summed E-state index contributed by atoms with van der Waals surface area (Å²) in [5, 5.41) is 2.99. The third-order valence-corrected chi connectivity index (χ3v) is 12.5. The molecule has 0 aromatic heterocycles. The highest BCUT2D eigenvalue weighted by Crippen LogP contribution is 2.43. The molecule has 0 rings (SSSR count). The number of phosphoric ester groups is 1. The van der Waals surface area contributed by atoms with Gasteiger partial charge in [-0.3, -0.25) is 18.6 Å². The van der Waals surface area contributed by atoms with Crippen LogP contribution >= 0.6 is 7.82 Å². The molecule has 0 heterocycles. The second kappa shape index (κ2) is 48.6. The zero-order chi connectivity index (χ0) is 50.8. The Labute approximate surface area is 424 Å². The second-order valence-corrected chi connectivity index (χ2v) is 20.9. The normalized spacial score (nSPS) is 14.6. The Morgan fingerprint density at radius 2 is 0.986 bits per heavy atom. The van der Waals surface area contributed by atoms with E-state index in [9.17, 15) is 19.0 Å². The van der Waals surface area contributed by atoms with Crippen LogP contribution < -0.4 is 5.32 Å². The van der Waals surface area contributed by atoms with Crippen molar-refractivity contribution in [1.82, 2.24) is 5.32 Å². The molecule has 0 saturated carbocycles. The van der Waals surface area contributed by atoms with Crippen LogP contribution in [0.25, 0.3) is 0 Å². The van der Waals surface area contributed by atoms with Crippen molar-refractivity contribution in [3.8, 4) is 0 Å². The molecule has 0 aromatic carbocycles. The number of amides is 1. The molecule has 2 N–H and O–H groups in total. The Morgan fingerprint density at radius 3 is 1.51 bits per heavy atom. The van der Waals surface area contributed by atoms with Gasteiger partial charge in [-0.2, -0.15) is 0 Å². The number of ether oxygens (including phenoxy) is 1. The fourth-order valence-electron chi connectivity index (χ4n) is 7.27. The zero-order valence-electron chi connectivity index (χ0n) is 45.0. The van der Waals surface area contributed by atoms with Crippen LogP contribution in [-0.2, 0) is 27.9 Å². The lowest BCUT2D eigenvalue weighted by atomic mass is 10.1. The van der Waals surface area contributed by atoms with Crippen molar-refractivity contribution in [2.75, 3.05) is 40.9 Å². The van der Waals surface area contributed by atoms with Crippen LogP contribution in [0.2, 0.25) is 0 Å². The molecular weight excluding hydrogens is 880 g/mol. The van der Waals surface area contributed by atoms with Gasteiger partial charge >= 0.3 is 13.8 Å². The smallest absolute Gasteiger partial charge is 0.456 e. The third-order valence-electron chi connectivity index (χ3n) is 11.5. The molecule has 0 aliphatic carbocycles. The molecule has 10 heteroatoms. The van der Waals surface area contributed by atoms with Gasteiger partial charge in [0.05, 0.1) is 33.8 Å². The number of unbranched alkanes of at least 4 members (excludes halogenated alkanes) is 19. The van der Waals surface area contributed by atoms with Gasteiger partial charge in [-0.25, -0.2) is 4.57 Å². The summed E-state index contributed by atoms with van der Waals surface area (Å²) in [7, 11) is 1.43. The molecule has 0 fully saturated rings. The first kappa shape index (κ1) is 65.9. The first-order valence-corrected chi connectivity index (χ1v) is 29.1. The molecular formula is C59H104N2O7P+. The SMILES string of the molecule is CC/C=C/C/C=C/C/C=C/C/C=C/C/C=C/CCC(=O)NC(COP(=O)(O)OCC[N+](C)(C)C)C(/C=C/CCCCCCCCCCCC)OC(=O)CCCCCCCC/C=C/C=C/CCCCC. The molecule has 0 bridgehead atoms. The van der Waals surface area contributed by atoms with Crippen molar-refractivity contribution >= 4 is 19.7 Å². The molecule has 3 unspecified atom stereocenters. The third kappa shape index (κ3) is 49.7. The van der Waals surface area contributed by atoms with Crippen molar-refractivity contribution in [3.63, 3.8) is 0 Å². The molecule has 9 nitrogen and oxygen atoms in total. The van der Waals surface area contributed by atoms with Crippen molar-refractivity contribution < 1.29 is 37.3 Å². The van der Waals surface area contributed by atoms with E-state index >= 15 is 0 Å². The number of carbonyl (C=O) groups excluding carboxylic acids is 2. The lowest BCUT2D eigenvalue weighted by molar-refractivity contribution is -0.870. The van der Waals surface area contributed by atoms with Crippen molar-refractivity contribution in [2.24, 2.45) is 0 Å². The van der Waals surface area contributed by atoms with E-state index in [4.69, 9.17) is 13.8 Å². The summed E-state index contributed by atoms with van der Waals surface area (Å²) in [6.07, 6.45) is 64.2. The lowest BCUT2D eigenvalue weighted by Gasteiger charge is -2.27. The van der Waals surface area contributed by atoms with E-state index in [2.05, 4.69) is 99.0 Å². The van der Waals surface area contributed by atoms with E-state index in [0.717, 1.165) is 96.3 Å². The number of rotatable bonds is 48. The maximum atomic E-state index is 13.4. The summed E-state index contributed by atoms with van der Waals surface area (Å²) in [5.41, 5.74) is 0. The van der Waals surface area contributed by atoms with E-state index in [1.807, 2.05) is 45.4 Å². The number of nitrogens with one attached hydrogen (secondary N) is 1. The van der Waals surface area contributed by atoms with E-state index < -0.39 is 20.0 Å². The van der Waals surface area contributed by atoms with Crippen LogP contribution in [0, 0.1) is 0 Å². The predicted molar refractivity (Wildman–Crippen MR) is 295 cm³/mol. The maximum absolute atomic E-state index is 13.4. The number of carbonyl (C=O) groups is 2. The Bertz CT molecular complexity index is 1510. The van der Waals surface area contributed by atoms with Crippen molar-refractivity contribution in [2.45, 2.75) is 226 Å².